The Morgan fingerprint density at radius 2 is 2.28 bits per heavy atom. The van der Waals surface area contributed by atoms with Crippen LogP contribution < -0.4 is 11.1 Å². The van der Waals surface area contributed by atoms with Gasteiger partial charge in [0.1, 0.15) is 6.04 Å². The first kappa shape index (κ1) is 14.6. The molecule has 0 aliphatic heterocycles. The van der Waals surface area contributed by atoms with Gasteiger partial charge in [-0.25, -0.2) is 4.68 Å². The molecule has 18 heavy (non-hydrogen) atoms. The fraction of sp³-hybridized carbons (Fsp3) is 0.750. The molecule has 0 aliphatic carbocycles. The smallest absolute Gasteiger partial charge is 0.244 e. The molecule has 6 heteroatoms. The second kappa shape index (κ2) is 7.10. The summed E-state index contributed by atoms with van der Waals surface area (Å²) < 4.78 is 1.56. The summed E-state index contributed by atoms with van der Waals surface area (Å²) in [5.41, 5.74) is 6.59. The summed E-state index contributed by atoms with van der Waals surface area (Å²) in [5.74, 6) is -0.0371. The number of carbonyl (C=O) groups excluding carboxylic acids is 1. The van der Waals surface area contributed by atoms with Crippen LogP contribution >= 0.6 is 0 Å². The summed E-state index contributed by atoms with van der Waals surface area (Å²) in [6.45, 7) is 6.59. The Kier molecular flexibility index (Phi) is 5.77. The average Bonchev–Trinajstić information content (AvgIpc) is 2.86. The zero-order valence-corrected chi connectivity index (χ0v) is 11.4. The molecular weight excluding hydrogens is 230 g/mol. The highest BCUT2D eigenvalue weighted by Crippen LogP contribution is 2.12. The maximum atomic E-state index is 11.8. The number of aromatic nitrogens is 3. The van der Waals surface area contributed by atoms with Gasteiger partial charge in [0, 0.05) is 6.54 Å². The van der Waals surface area contributed by atoms with Gasteiger partial charge < -0.3 is 11.1 Å². The molecule has 0 spiro atoms. The lowest BCUT2D eigenvalue weighted by atomic mass is 10.2. The van der Waals surface area contributed by atoms with Crippen LogP contribution in [0.25, 0.3) is 0 Å². The summed E-state index contributed by atoms with van der Waals surface area (Å²) in [5, 5.41) is 10.8. The van der Waals surface area contributed by atoms with Crippen molar-refractivity contribution in [1.29, 1.82) is 0 Å². The van der Waals surface area contributed by atoms with E-state index in [-0.39, 0.29) is 18.0 Å². The molecule has 0 bridgehead atoms. The van der Waals surface area contributed by atoms with E-state index in [1.54, 1.807) is 17.8 Å². The molecule has 2 atom stereocenters. The van der Waals surface area contributed by atoms with Crippen LogP contribution in [0.5, 0.6) is 0 Å². The number of rotatable bonds is 7. The normalized spacial score (nSPS) is 14.2. The van der Waals surface area contributed by atoms with Gasteiger partial charge in [0.2, 0.25) is 5.91 Å². The van der Waals surface area contributed by atoms with Gasteiger partial charge in [-0.15, -0.1) is 5.10 Å². The van der Waals surface area contributed by atoms with Crippen molar-refractivity contribution >= 4 is 5.91 Å². The molecule has 1 aromatic heterocycles. The monoisotopic (exact) mass is 253 g/mol. The summed E-state index contributed by atoms with van der Waals surface area (Å²) in [4.78, 5) is 11.8. The van der Waals surface area contributed by atoms with Gasteiger partial charge >= 0.3 is 0 Å². The number of unbranched alkanes of at least 4 members (excludes halogenated alkanes) is 1. The van der Waals surface area contributed by atoms with Gasteiger partial charge in [-0.2, -0.15) is 0 Å². The minimum Gasteiger partial charge on any atom is -0.354 e. The molecule has 2 unspecified atom stereocenters. The predicted octanol–water partition coefficient (Wildman–Crippen LogP) is 1.17. The van der Waals surface area contributed by atoms with E-state index in [4.69, 9.17) is 5.73 Å². The van der Waals surface area contributed by atoms with Gasteiger partial charge in [-0.1, -0.05) is 25.5 Å². The Labute approximate surface area is 108 Å². The van der Waals surface area contributed by atoms with Crippen LogP contribution in [-0.4, -0.2) is 27.4 Å². The third kappa shape index (κ3) is 3.80. The van der Waals surface area contributed by atoms with Crippen molar-refractivity contribution in [2.24, 2.45) is 5.73 Å². The van der Waals surface area contributed by atoms with Crippen LogP contribution in [0, 0.1) is 0 Å². The minimum absolute atomic E-state index is 0.0371. The van der Waals surface area contributed by atoms with Crippen molar-refractivity contribution in [3.8, 4) is 0 Å². The molecule has 0 aromatic carbocycles. The van der Waals surface area contributed by atoms with Gasteiger partial charge in [-0.3, -0.25) is 4.79 Å². The Morgan fingerprint density at radius 3 is 2.89 bits per heavy atom. The zero-order chi connectivity index (χ0) is 13.5. The average molecular weight is 253 g/mol. The lowest BCUT2D eigenvalue weighted by Crippen LogP contribution is -2.32. The van der Waals surface area contributed by atoms with Crippen LogP contribution in [0.15, 0.2) is 6.20 Å². The molecule has 1 aromatic rings. The molecule has 0 fully saturated rings. The lowest BCUT2D eigenvalue weighted by molar-refractivity contribution is -0.124. The SMILES string of the molecule is CCCCNC(=O)C(C)n1cc(C(N)CC)nn1. The molecule has 1 heterocycles. The molecule has 1 amide bonds. The zero-order valence-electron chi connectivity index (χ0n) is 11.4. The quantitative estimate of drug-likeness (QED) is 0.714. The van der Waals surface area contributed by atoms with E-state index in [0.717, 1.165) is 25.0 Å². The first-order chi connectivity index (χ1) is 8.60. The summed E-state index contributed by atoms with van der Waals surface area (Å²) in [6.07, 6.45) is 4.60. The molecule has 0 saturated carbocycles. The van der Waals surface area contributed by atoms with Gasteiger partial charge in [-0.05, 0) is 19.8 Å². The van der Waals surface area contributed by atoms with Crippen molar-refractivity contribution in [3.63, 3.8) is 0 Å². The van der Waals surface area contributed by atoms with Crippen LogP contribution in [0.2, 0.25) is 0 Å². The molecule has 102 valence electrons. The van der Waals surface area contributed by atoms with E-state index in [9.17, 15) is 4.79 Å². The Morgan fingerprint density at radius 1 is 1.56 bits per heavy atom. The Bertz CT molecular complexity index is 376. The summed E-state index contributed by atoms with van der Waals surface area (Å²) in [7, 11) is 0. The molecule has 0 radical (unpaired) electrons. The highest BCUT2D eigenvalue weighted by atomic mass is 16.2. The maximum Gasteiger partial charge on any atom is 0.244 e. The number of hydrogen-bond donors (Lipinski definition) is 2. The van der Waals surface area contributed by atoms with Crippen molar-refractivity contribution in [2.45, 2.75) is 52.1 Å². The molecule has 0 aliphatic rings. The van der Waals surface area contributed by atoms with Gasteiger partial charge in [0.25, 0.3) is 0 Å². The van der Waals surface area contributed by atoms with Crippen molar-refractivity contribution in [2.75, 3.05) is 6.54 Å². The fourth-order valence-corrected chi connectivity index (χ4v) is 1.51. The van der Waals surface area contributed by atoms with Crippen LogP contribution in [-0.2, 0) is 4.79 Å². The molecule has 6 nitrogen and oxygen atoms in total. The fourth-order valence-electron chi connectivity index (χ4n) is 1.51. The Hall–Kier alpha value is -1.43. The predicted molar refractivity (Wildman–Crippen MR) is 69.9 cm³/mol. The topological polar surface area (TPSA) is 85.8 Å². The van der Waals surface area contributed by atoms with Crippen molar-refractivity contribution < 1.29 is 4.79 Å². The third-order valence-electron chi connectivity index (χ3n) is 2.95. The summed E-state index contributed by atoms with van der Waals surface area (Å²) >= 11 is 0. The van der Waals surface area contributed by atoms with Gasteiger partial charge in [0.15, 0.2) is 0 Å². The van der Waals surface area contributed by atoms with E-state index >= 15 is 0 Å². The number of nitrogens with two attached hydrogens (primary N) is 1. The largest absolute Gasteiger partial charge is 0.354 e. The molecule has 0 saturated heterocycles. The highest BCUT2D eigenvalue weighted by molar-refractivity contribution is 5.79. The first-order valence-corrected chi connectivity index (χ1v) is 6.55. The van der Waals surface area contributed by atoms with Crippen LogP contribution in [0.4, 0.5) is 0 Å². The van der Waals surface area contributed by atoms with E-state index < -0.39 is 0 Å². The van der Waals surface area contributed by atoms with Gasteiger partial charge in [0.05, 0.1) is 17.9 Å². The number of carbonyl (C=O) groups is 1. The van der Waals surface area contributed by atoms with Crippen molar-refractivity contribution in [1.82, 2.24) is 20.3 Å². The number of nitrogens with one attached hydrogen (secondary N) is 1. The number of nitrogens with zero attached hydrogens (tertiary/aromatic N) is 3. The summed E-state index contributed by atoms with van der Waals surface area (Å²) in [6, 6.07) is -0.471. The van der Waals surface area contributed by atoms with E-state index in [1.165, 1.54) is 0 Å². The number of amides is 1. The minimum atomic E-state index is -0.354. The van der Waals surface area contributed by atoms with E-state index in [2.05, 4.69) is 22.6 Å². The van der Waals surface area contributed by atoms with Crippen LogP contribution in [0.1, 0.15) is 57.8 Å². The third-order valence-corrected chi connectivity index (χ3v) is 2.95. The lowest BCUT2D eigenvalue weighted by Gasteiger charge is -2.11. The molecule has 1 rings (SSSR count). The van der Waals surface area contributed by atoms with Crippen molar-refractivity contribution in [3.05, 3.63) is 11.9 Å². The standard InChI is InChI=1S/C12H23N5O/c1-4-6-7-14-12(18)9(3)17-8-11(15-16-17)10(13)5-2/h8-10H,4-7,13H2,1-3H3,(H,14,18). The second-order valence-electron chi connectivity index (χ2n) is 4.46. The highest BCUT2D eigenvalue weighted by Gasteiger charge is 2.17. The Balaban J connectivity index is 2.57. The van der Waals surface area contributed by atoms with E-state index in [0.29, 0.717) is 6.54 Å². The van der Waals surface area contributed by atoms with Crippen LogP contribution in [0.3, 0.4) is 0 Å². The first-order valence-electron chi connectivity index (χ1n) is 6.55. The van der Waals surface area contributed by atoms with E-state index in [1.807, 2.05) is 6.92 Å². The molecule has 3 N–H and O–H groups in total. The maximum absolute atomic E-state index is 11.8. The second-order valence-corrected chi connectivity index (χ2v) is 4.46. The number of hydrogen-bond acceptors (Lipinski definition) is 4. The molecular formula is C12H23N5O.